The first kappa shape index (κ1) is 14.5. The van der Waals surface area contributed by atoms with Crippen molar-refractivity contribution < 1.29 is 14.7 Å². The number of hydrogen-bond acceptors (Lipinski definition) is 5. The molecule has 0 saturated carbocycles. The Kier molecular flexibility index (Phi) is 4.36. The molecule has 0 bridgehead atoms. The summed E-state index contributed by atoms with van der Waals surface area (Å²) in [6, 6.07) is 6.35. The van der Waals surface area contributed by atoms with Gasteiger partial charge in [0.25, 0.3) is 5.91 Å². The molecule has 0 N–H and O–H groups in total. The molecular weight excluding hydrogens is 294 g/mol. The molecule has 1 heterocycles. The van der Waals surface area contributed by atoms with Gasteiger partial charge in [-0.05, 0) is 11.6 Å². The number of carboxylic acids is 1. The van der Waals surface area contributed by atoms with Gasteiger partial charge >= 0.3 is 0 Å². The van der Waals surface area contributed by atoms with E-state index in [0.717, 1.165) is 11.8 Å². The molecule has 1 fully saturated rings. The highest BCUT2D eigenvalue weighted by atomic mass is 32.2. The topological polar surface area (TPSA) is 60.4 Å². The zero-order valence-electron chi connectivity index (χ0n) is 10.4. The molecule has 1 aromatic carbocycles. The lowest BCUT2D eigenvalue weighted by molar-refractivity contribution is -0.255. The van der Waals surface area contributed by atoms with Crippen LogP contribution in [-0.4, -0.2) is 27.6 Å². The van der Waals surface area contributed by atoms with Gasteiger partial charge in [-0.15, -0.1) is 6.58 Å². The third kappa shape index (κ3) is 2.81. The van der Waals surface area contributed by atoms with Crippen LogP contribution in [0, 0.1) is 0 Å². The molecule has 0 spiro atoms. The van der Waals surface area contributed by atoms with Crippen LogP contribution in [0.4, 0.5) is 0 Å². The van der Waals surface area contributed by atoms with Crippen molar-refractivity contribution in [1.82, 2.24) is 4.90 Å². The van der Waals surface area contributed by atoms with Crippen LogP contribution in [0.2, 0.25) is 0 Å². The van der Waals surface area contributed by atoms with E-state index in [1.165, 1.54) is 17.0 Å². The van der Waals surface area contributed by atoms with Crippen molar-refractivity contribution >= 4 is 46.3 Å². The van der Waals surface area contributed by atoms with Crippen molar-refractivity contribution in [3.8, 4) is 0 Å². The Hall–Kier alpha value is -1.92. The fourth-order valence-electron chi connectivity index (χ4n) is 1.74. The molecule has 0 aliphatic carbocycles. The predicted octanol–water partition coefficient (Wildman–Crippen LogP) is 1.44. The van der Waals surface area contributed by atoms with Crippen LogP contribution < -0.4 is 5.11 Å². The maximum atomic E-state index is 12.1. The van der Waals surface area contributed by atoms with E-state index in [2.05, 4.69) is 6.58 Å². The lowest BCUT2D eigenvalue weighted by Crippen LogP contribution is -2.27. The molecule has 0 aromatic heterocycles. The van der Waals surface area contributed by atoms with Gasteiger partial charge in [0.2, 0.25) is 0 Å². The Labute approximate surface area is 125 Å². The number of thioether (sulfide) groups is 1. The third-order valence-electron chi connectivity index (χ3n) is 2.65. The van der Waals surface area contributed by atoms with Crippen molar-refractivity contribution in [1.29, 1.82) is 0 Å². The quantitative estimate of drug-likeness (QED) is 0.478. The van der Waals surface area contributed by atoms with E-state index in [1.807, 2.05) is 0 Å². The van der Waals surface area contributed by atoms with Gasteiger partial charge in [0.05, 0.1) is 10.9 Å². The van der Waals surface area contributed by atoms with Crippen LogP contribution in [0.5, 0.6) is 0 Å². The standard InChI is InChI=1S/C14H11NO3S2/c1-2-7-15-12(16)11(20-14(15)19)8-9-5-3-4-6-10(9)13(17)18/h2-6,8H,1,7H2,(H,17,18)/p-1/b11-8-. The van der Waals surface area contributed by atoms with Crippen molar-refractivity contribution in [3.63, 3.8) is 0 Å². The summed E-state index contributed by atoms with van der Waals surface area (Å²) in [6.45, 7) is 3.91. The Bertz CT molecular complexity index is 637. The summed E-state index contributed by atoms with van der Waals surface area (Å²) in [5.74, 6) is -1.52. The van der Waals surface area contributed by atoms with Gasteiger partial charge in [0.1, 0.15) is 4.32 Å². The second kappa shape index (κ2) is 6.02. The zero-order valence-corrected chi connectivity index (χ0v) is 12.0. The van der Waals surface area contributed by atoms with E-state index < -0.39 is 5.97 Å². The Balaban J connectivity index is 2.38. The summed E-state index contributed by atoms with van der Waals surface area (Å²) in [7, 11) is 0. The molecule has 1 saturated heterocycles. The van der Waals surface area contributed by atoms with E-state index >= 15 is 0 Å². The molecule has 102 valence electrons. The number of carboxylic acid groups (broad SMARTS) is 1. The number of benzene rings is 1. The first-order valence-electron chi connectivity index (χ1n) is 5.71. The number of rotatable bonds is 4. The highest BCUT2D eigenvalue weighted by molar-refractivity contribution is 8.26. The fraction of sp³-hybridized carbons (Fsp3) is 0.0714. The minimum Gasteiger partial charge on any atom is -0.545 e. The second-order valence-corrected chi connectivity index (χ2v) is 5.63. The van der Waals surface area contributed by atoms with Gasteiger partial charge in [-0.2, -0.15) is 0 Å². The third-order valence-corrected chi connectivity index (χ3v) is 4.03. The van der Waals surface area contributed by atoms with E-state index in [0.29, 0.717) is 21.3 Å². The summed E-state index contributed by atoms with van der Waals surface area (Å²) in [5, 5.41) is 11.0. The molecule has 4 nitrogen and oxygen atoms in total. The minimum absolute atomic E-state index is 0.0430. The van der Waals surface area contributed by atoms with E-state index in [9.17, 15) is 14.7 Å². The van der Waals surface area contributed by atoms with Gasteiger partial charge in [-0.3, -0.25) is 9.69 Å². The summed E-state index contributed by atoms with van der Waals surface area (Å²) in [6.07, 6.45) is 3.11. The molecule has 0 atom stereocenters. The predicted molar refractivity (Wildman–Crippen MR) is 80.8 cm³/mol. The molecule has 1 aliphatic heterocycles. The first-order chi connectivity index (χ1) is 9.54. The van der Waals surface area contributed by atoms with Crippen molar-refractivity contribution in [2.24, 2.45) is 0 Å². The van der Waals surface area contributed by atoms with Crippen LogP contribution >= 0.6 is 24.0 Å². The summed E-state index contributed by atoms with van der Waals surface area (Å²) < 4.78 is 0.437. The molecule has 0 radical (unpaired) electrons. The highest BCUT2D eigenvalue weighted by Crippen LogP contribution is 2.32. The molecule has 0 unspecified atom stereocenters. The van der Waals surface area contributed by atoms with Crippen LogP contribution in [-0.2, 0) is 4.79 Å². The zero-order chi connectivity index (χ0) is 14.7. The summed E-state index contributed by atoms with van der Waals surface area (Å²) >= 11 is 6.26. The van der Waals surface area contributed by atoms with Crippen LogP contribution in [0.1, 0.15) is 15.9 Å². The summed E-state index contributed by atoms with van der Waals surface area (Å²) in [5.41, 5.74) is 0.466. The van der Waals surface area contributed by atoms with Crippen molar-refractivity contribution in [3.05, 3.63) is 53.0 Å². The Morgan fingerprint density at radius 1 is 1.45 bits per heavy atom. The molecule has 1 aliphatic rings. The summed E-state index contributed by atoms with van der Waals surface area (Å²) in [4.78, 5) is 25.0. The smallest absolute Gasteiger partial charge is 0.266 e. The maximum absolute atomic E-state index is 12.1. The van der Waals surface area contributed by atoms with Crippen LogP contribution in [0.25, 0.3) is 6.08 Å². The number of hydrogen-bond donors (Lipinski definition) is 0. The minimum atomic E-state index is -1.28. The van der Waals surface area contributed by atoms with Gasteiger partial charge in [-0.1, -0.05) is 54.3 Å². The van der Waals surface area contributed by atoms with Gasteiger partial charge < -0.3 is 9.90 Å². The molecule has 20 heavy (non-hydrogen) atoms. The van der Waals surface area contributed by atoms with Crippen LogP contribution in [0.3, 0.4) is 0 Å². The number of aromatic carboxylic acids is 1. The average Bonchev–Trinajstić information content (AvgIpc) is 2.67. The highest BCUT2D eigenvalue weighted by Gasteiger charge is 2.31. The van der Waals surface area contributed by atoms with Crippen LogP contribution in [0.15, 0.2) is 41.8 Å². The largest absolute Gasteiger partial charge is 0.545 e. The number of thiocarbonyl (C=S) groups is 1. The second-order valence-electron chi connectivity index (χ2n) is 3.96. The van der Waals surface area contributed by atoms with Gasteiger partial charge in [0.15, 0.2) is 0 Å². The maximum Gasteiger partial charge on any atom is 0.266 e. The molecular formula is C14H10NO3S2-. The number of carbonyl (C=O) groups is 2. The Morgan fingerprint density at radius 2 is 2.15 bits per heavy atom. The number of nitrogens with zero attached hydrogens (tertiary/aromatic N) is 1. The Morgan fingerprint density at radius 3 is 2.80 bits per heavy atom. The van der Waals surface area contributed by atoms with Gasteiger partial charge in [-0.25, -0.2) is 0 Å². The number of carbonyl (C=O) groups excluding carboxylic acids is 2. The van der Waals surface area contributed by atoms with E-state index in [-0.39, 0.29) is 11.5 Å². The lowest BCUT2D eigenvalue weighted by Gasteiger charge is -2.10. The first-order valence-corrected chi connectivity index (χ1v) is 6.93. The average molecular weight is 304 g/mol. The molecule has 1 aromatic rings. The monoisotopic (exact) mass is 304 g/mol. The molecule has 1 amide bonds. The van der Waals surface area contributed by atoms with E-state index in [1.54, 1.807) is 24.3 Å². The number of amides is 1. The molecule has 6 heteroatoms. The normalized spacial score (nSPS) is 16.8. The lowest BCUT2D eigenvalue weighted by atomic mass is 10.1. The fourth-order valence-corrected chi connectivity index (χ4v) is 3.00. The van der Waals surface area contributed by atoms with Crippen molar-refractivity contribution in [2.45, 2.75) is 0 Å². The van der Waals surface area contributed by atoms with Crippen molar-refractivity contribution in [2.75, 3.05) is 6.54 Å². The van der Waals surface area contributed by atoms with Gasteiger partial charge in [0, 0.05) is 12.1 Å². The van der Waals surface area contributed by atoms with E-state index in [4.69, 9.17) is 12.2 Å². The SMILES string of the molecule is C=CCN1C(=O)/C(=C/c2ccccc2C(=O)[O-])SC1=S. The molecule has 2 rings (SSSR count).